The van der Waals surface area contributed by atoms with Crippen LogP contribution in [-0.2, 0) is 4.74 Å². The predicted molar refractivity (Wildman–Crippen MR) is 66.8 cm³/mol. The Bertz CT molecular complexity index is 451. The van der Waals surface area contributed by atoms with Crippen molar-refractivity contribution in [2.75, 3.05) is 31.2 Å². The van der Waals surface area contributed by atoms with Gasteiger partial charge in [0.1, 0.15) is 11.5 Å². The van der Waals surface area contributed by atoms with Gasteiger partial charge >= 0.3 is 0 Å². The minimum atomic E-state index is -0.219. The number of aromatic nitrogens is 2. The highest BCUT2D eigenvalue weighted by Gasteiger charge is 2.22. The number of anilines is 1. The molecule has 0 bridgehead atoms. The van der Waals surface area contributed by atoms with Crippen molar-refractivity contribution < 1.29 is 9.84 Å². The molecular weight excluding hydrogens is 234 g/mol. The highest BCUT2D eigenvalue weighted by molar-refractivity contribution is 5.93. The fourth-order valence-corrected chi connectivity index (χ4v) is 1.84. The third kappa shape index (κ3) is 2.74. The molecule has 1 saturated heterocycles. The molecule has 1 atom stereocenters. The summed E-state index contributed by atoms with van der Waals surface area (Å²) >= 11 is 0. The van der Waals surface area contributed by atoms with Crippen LogP contribution in [0, 0.1) is 12.3 Å². The second kappa shape index (κ2) is 5.28. The number of hydrogen-bond donors (Lipinski definition) is 3. The van der Waals surface area contributed by atoms with Crippen LogP contribution in [0.2, 0.25) is 0 Å². The lowest BCUT2D eigenvalue weighted by atomic mass is 10.3. The molecule has 1 aromatic rings. The van der Waals surface area contributed by atoms with E-state index in [0.29, 0.717) is 31.3 Å². The lowest BCUT2D eigenvalue weighted by Gasteiger charge is -2.32. The van der Waals surface area contributed by atoms with E-state index in [0.717, 1.165) is 5.69 Å². The van der Waals surface area contributed by atoms with Crippen molar-refractivity contribution in [3.8, 4) is 0 Å². The van der Waals surface area contributed by atoms with Crippen molar-refractivity contribution in [2.45, 2.75) is 13.0 Å². The van der Waals surface area contributed by atoms with Crippen molar-refractivity contribution in [3.63, 3.8) is 0 Å². The van der Waals surface area contributed by atoms with Gasteiger partial charge in [-0.2, -0.15) is 0 Å². The number of aryl methyl sites for hydroxylation is 1. The summed E-state index contributed by atoms with van der Waals surface area (Å²) in [6.45, 7) is 3.54. The van der Waals surface area contributed by atoms with Gasteiger partial charge in [-0.25, -0.2) is 9.97 Å². The van der Waals surface area contributed by atoms with Gasteiger partial charge in [0.05, 0.1) is 19.3 Å². The lowest BCUT2D eigenvalue weighted by Crippen LogP contribution is -2.45. The molecule has 1 aliphatic rings. The molecule has 0 amide bonds. The van der Waals surface area contributed by atoms with Crippen molar-refractivity contribution in [2.24, 2.45) is 5.73 Å². The summed E-state index contributed by atoms with van der Waals surface area (Å²) in [7, 11) is 0. The Morgan fingerprint density at radius 3 is 3.11 bits per heavy atom. The Morgan fingerprint density at radius 2 is 2.44 bits per heavy atom. The molecule has 0 saturated carbocycles. The van der Waals surface area contributed by atoms with E-state index in [1.54, 1.807) is 6.07 Å². The van der Waals surface area contributed by atoms with Gasteiger partial charge in [0.15, 0.2) is 0 Å². The molecule has 0 aliphatic carbocycles. The Labute approximate surface area is 105 Å². The van der Waals surface area contributed by atoms with Gasteiger partial charge in [0.2, 0.25) is 5.95 Å². The maximum absolute atomic E-state index is 9.11. The van der Waals surface area contributed by atoms with Crippen LogP contribution in [-0.4, -0.2) is 53.3 Å². The van der Waals surface area contributed by atoms with Crippen molar-refractivity contribution in [1.82, 2.24) is 9.97 Å². The van der Waals surface area contributed by atoms with E-state index < -0.39 is 0 Å². The van der Waals surface area contributed by atoms with Crippen molar-refractivity contribution in [1.29, 1.82) is 5.41 Å². The molecule has 2 heterocycles. The van der Waals surface area contributed by atoms with Gasteiger partial charge in [-0.05, 0) is 13.0 Å². The maximum atomic E-state index is 9.11. The maximum Gasteiger partial charge on any atom is 0.226 e. The number of aliphatic hydroxyl groups is 1. The molecule has 1 aliphatic heterocycles. The van der Waals surface area contributed by atoms with Crippen LogP contribution in [0.1, 0.15) is 11.4 Å². The number of rotatable bonds is 3. The predicted octanol–water partition coefficient (Wildman–Crippen LogP) is -0.733. The van der Waals surface area contributed by atoms with E-state index >= 15 is 0 Å². The van der Waals surface area contributed by atoms with Crippen LogP contribution in [0.15, 0.2) is 6.07 Å². The van der Waals surface area contributed by atoms with E-state index in [1.165, 1.54) is 0 Å². The zero-order valence-electron chi connectivity index (χ0n) is 10.3. The third-order valence-electron chi connectivity index (χ3n) is 2.74. The minimum Gasteiger partial charge on any atom is -0.394 e. The Morgan fingerprint density at radius 1 is 1.67 bits per heavy atom. The summed E-state index contributed by atoms with van der Waals surface area (Å²) in [4.78, 5) is 10.5. The summed E-state index contributed by atoms with van der Waals surface area (Å²) in [6, 6.07) is 1.68. The molecule has 0 aromatic carbocycles. The second-order valence-corrected chi connectivity index (χ2v) is 4.23. The molecule has 1 unspecified atom stereocenters. The number of nitrogen functional groups attached to an aromatic ring is 1. The first-order chi connectivity index (χ1) is 8.60. The normalized spacial score (nSPS) is 19.9. The minimum absolute atomic E-state index is 0.0259. The Kier molecular flexibility index (Phi) is 3.73. The van der Waals surface area contributed by atoms with Crippen LogP contribution in [0.4, 0.5) is 5.95 Å². The Hall–Kier alpha value is -1.73. The molecule has 0 radical (unpaired) electrons. The average Bonchev–Trinajstić information content (AvgIpc) is 2.38. The molecular formula is C11H17N5O2. The zero-order chi connectivity index (χ0) is 13.1. The van der Waals surface area contributed by atoms with Crippen LogP contribution in [0.3, 0.4) is 0 Å². The first-order valence-corrected chi connectivity index (χ1v) is 5.77. The van der Waals surface area contributed by atoms with Crippen molar-refractivity contribution >= 4 is 11.8 Å². The molecule has 7 heteroatoms. The van der Waals surface area contributed by atoms with E-state index in [-0.39, 0.29) is 18.5 Å². The molecule has 18 heavy (non-hydrogen) atoms. The van der Waals surface area contributed by atoms with Crippen LogP contribution in [0.5, 0.6) is 0 Å². The first-order valence-electron chi connectivity index (χ1n) is 5.77. The first kappa shape index (κ1) is 12.7. The largest absolute Gasteiger partial charge is 0.394 e. The summed E-state index contributed by atoms with van der Waals surface area (Å²) in [5.74, 6) is 0.454. The fraction of sp³-hybridized carbons (Fsp3) is 0.545. The molecule has 2 rings (SSSR count). The van der Waals surface area contributed by atoms with Crippen LogP contribution < -0.4 is 10.6 Å². The number of amidine groups is 1. The van der Waals surface area contributed by atoms with Crippen LogP contribution in [0.25, 0.3) is 0 Å². The van der Waals surface area contributed by atoms with E-state index in [1.807, 2.05) is 11.8 Å². The second-order valence-electron chi connectivity index (χ2n) is 4.23. The summed E-state index contributed by atoms with van der Waals surface area (Å²) < 4.78 is 5.37. The third-order valence-corrected chi connectivity index (χ3v) is 2.74. The van der Waals surface area contributed by atoms with E-state index in [2.05, 4.69) is 9.97 Å². The number of aliphatic hydroxyl groups excluding tert-OH is 1. The summed E-state index contributed by atoms with van der Waals surface area (Å²) in [5, 5.41) is 16.5. The standard InChI is InChI=1S/C11H17N5O2/c1-7-4-9(10(12)13)15-11(14-7)16-2-3-18-8(5-16)6-17/h4,8,17H,2-3,5-6H2,1H3,(H3,12,13). The number of nitrogens with one attached hydrogen (secondary N) is 1. The lowest BCUT2D eigenvalue weighted by molar-refractivity contribution is 0.00313. The van der Waals surface area contributed by atoms with Gasteiger partial charge in [0.25, 0.3) is 0 Å². The molecule has 7 nitrogen and oxygen atoms in total. The van der Waals surface area contributed by atoms with Gasteiger partial charge in [-0.1, -0.05) is 0 Å². The van der Waals surface area contributed by atoms with Gasteiger partial charge in [-0.3, -0.25) is 5.41 Å². The molecule has 1 fully saturated rings. The molecule has 98 valence electrons. The van der Waals surface area contributed by atoms with Crippen molar-refractivity contribution in [3.05, 3.63) is 17.5 Å². The number of ether oxygens (including phenoxy) is 1. The monoisotopic (exact) mass is 251 g/mol. The van der Waals surface area contributed by atoms with Gasteiger partial charge < -0.3 is 20.5 Å². The highest BCUT2D eigenvalue weighted by atomic mass is 16.5. The summed E-state index contributed by atoms with van der Waals surface area (Å²) in [5.41, 5.74) is 6.63. The smallest absolute Gasteiger partial charge is 0.226 e. The molecule has 0 spiro atoms. The average molecular weight is 251 g/mol. The Balaban J connectivity index is 2.24. The van der Waals surface area contributed by atoms with Crippen LogP contribution >= 0.6 is 0 Å². The van der Waals surface area contributed by atoms with E-state index in [9.17, 15) is 0 Å². The molecule has 1 aromatic heterocycles. The van der Waals surface area contributed by atoms with Gasteiger partial charge in [-0.15, -0.1) is 0 Å². The number of morpholine rings is 1. The molecule has 4 N–H and O–H groups in total. The fourth-order valence-electron chi connectivity index (χ4n) is 1.84. The summed E-state index contributed by atoms with van der Waals surface area (Å²) in [6.07, 6.45) is -0.219. The topological polar surface area (TPSA) is 108 Å². The number of nitrogens with zero attached hydrogens (tertiary/aromatic N) is 3. The number of nitrogens with two attached hydrogens (primary N) is 1. The number of hydrogen-bond acceptors (Lipinski definition) is 6. The zero-order valence-corrected chi connectivity index (χ0v) is 10.3. The highest BCUT2D eigenvalue weighted by Crippen LogP contribution is 2.14. The van der Waals surface area contributed by atoms with Gasteiger partial charge in [0, 0.05) is 18.8 Å². The quantitative estimate of drug-likeness (QED) is 0.482. The SMILES string of the molecule is Cc1cc(C(=N)N)nc(N2CCOC(CO)C2)n1. The van der Waals surface area contributed by atoms with E-state index in [4.69, 9.17) is 21.0 Å².